The van der Waals surface area contributed by atoms with Crippen LogP contribution in [-0.2, 0) is 6.61 Å². The van der Waals surface area contributed by atoms with Gasteiger partial charge in [0.25, 0.3) is 0 Å². The van der Waals surface area contributed by atoms with E-state index in [4.69, 9.17) is 5.11 Å². The van der Waals surface area contributed by atoms with Crippen molar-refractivity contribution in [3.8, 4) is 0 Å². The molecule has 0 saturated carbocycles. The molecule has 1 heterocycles. The molecule has 0 aliphatic carbocycles. The zero-order valence-corrected chi connectivity index (χ0v) is 6.91. The van der Waals surface area contributed by atoms with Crippen molar-refractivity contribution >= 4 is 0 Å². The van der Waals surface area contributed by atoms with Gasteiger partial charge in [0.2, 0.25) is 0 Å². The number of aromatic nitrogens is 1. The topological polar surface area (TPSA) is 33.1 Å². The van der Waals surface area contributed by atoms with Crippen LogP contribution in [0.5, 0.6) is 0 Å². The summed E-state index contributed by atoms with van der Waals surface area (Å²) in [7, 11) is 0. The van der Waals surface area contributed by atoms with Crippen LogP contribution >= 0.6 is 0 Å². The standard InChI is InChI=1S/C9H13NO/c1-7(2)9-3-4-10-5-8(9)6-11/h3-5,7,11H,6H2,1-2H3. The molecule has 0 atom stereocenters. The van der Waals surface area contributed by atoms with Crippen molar-refractivity contribution in [2.24, 2.45) is 0 Å². The Kier molecular flexibility index (Phi) is 2.60. The van der Waals surface area contributed by atoms with Crippen LogP contribution in [0.3, 0.4) is 0 Å². The first-order chi connectivity index (χ1) is 5.25. The van der Waals surface area contributed by atoms with Crippen LogP contribution in [0, 0.1) is 0 Å². The minimum atomic E-state index is 0.0847. The lowest BCUT2D eigenvalue weighted by atomic mass is 10.00. The summed E-state index contributed by atoms with van der Waals surface area (Å²) >= 11 is 0. The van der Waals surface area contributed by atoms with E-state index in [0.717, 1.165) is 5.56 Å². The number of aliphatic hydroxyl groups excluding tert-OH is 1. The van der Waals surface area contributed by atoms with Gasteiger partial charge in [-0.2, -0.15) is 0 Å². The second-order valence-electron chi connectivity index (χ2n) is 2.89. The molecule has 60 valence electrons. The van der Waals surface area contributed by atoms with Crippen molar-refractivity contribution in [3.63, 3.8) is 0 Å². The molecule has 0 fully saturated rings. The summed E-state index contributed by atoms with van der Waals surface area (Å²) in [5.41, 5.74) is 2.12. The Bertz CT molecular complexity index is 233. The highest BCUT2D eigenvalue weighted by molar-refractivity contribution is 5.25. The van der Waals surface area contributed by atoms with Crippen LogP contribution in [-0.4, -0.2) is 10.1 Å². The SMILES string of the molecule is CC(C)c1ccncc1CO. The summed E-state index contributed by atoms with van der Waals surface area (Å²) < 4.78 is 0. The lowest BCUT2D eigenvalue weighted by molar-refractivity contribution is 0.279. The number of hydrogen-bond donors (Lipinski definition) is 1. The molecule has 1 aromatic rings. The van der Waals surface area contributed by atoms with E-state index in [1.807, 2.05) is 6.07 Å². The molecule has 1 N–H and O–H groups in total. The third-order valence-electron chi connectivity index (χ3n) is 1.73. The van der Waals surface area contributed by atoms with Gasteiger partial charge in [0.15, 0.2) is 0 Å². The molecule has 0 spiro atoms. The molecule has 0 unspecified atom stereocenters. The second-order valence-corrected chi connectivity index (χ2v) is 2.89. The van der Waals surface area contributed by atoms with Crippen LogP contribution in [0.4, 0.5) is 0 Å². The Labute approximate surface area is 66.9 Å². The zero-order valence-electron chi connectivity index (χ0n) is 6.91. The molecule has 0 aromatic carbocycles. The van der Waals surface area contributed by atoms with Gasteiger partial charge in [-0.05, 0) is 23.1 Å². The van der Waals surface area contributed by atoms with Crippen LogP contribution in [0.25, 0.3) is 0 Å². The summed E-state index contributed by atoms with van der Waals surface area (Å²) in [6, 6.07) is 1.95. The highest BCUT2D eigenvalue weighted by Gasteiger charge is 2.03. The van der Waals surface area contributed by atoms with Gasteiger partial charge < -0.3 is 5.11 Å². The fraction of sp³-hybridized carbons (Fsp3) is 0.444. The lowest BCUT2D eigenvalue weighted by Gasteiger charge is -2.08. The van der Waals surface area contributed by atoms with Gasteiger partial charge in [-0.25, -0.2) is 0 Å². The molecule has 11 heavy (non-hydrogen) atoms. The van der Waals surface area contributed by atoms with E-state index in [1.165, 1.54) is 5.56 Å². The normalized spacial score (nSPS) is 10.5. The molecule has 1 rings (SSSR count). The fourth-order valence-corrected chi connectivity index (χ4v) is 1.13. The van der Waals surface area contributed by atoms with E-state index >= 15 is 0 Å². The summed E-state index contributed by atoms with van der Waals surface area (Å²) in [5.74, 6) is 0.458. The number of pyridine rings is 1. The number of aliphatic hydroxyl groups is 1. The van der Waals surface area contributed by atoms with Crippen LogP contribution < -0.4 is 0 Å². The van der Waals surface area contributed by atoms with Crippen LogP contribution in [0.15, 0.2) is 18.5 Å². The average Bonchev–Trinajstić information content (AvgIpc) is 2.04. The van der Waals surface area contributed by atoms with Gasteiger partial charge in [0.1, 0.15) is 0 Å². The van der Waals surface area contributed by atoms with Gasteiger partial charge in [-0.1, -0.05) is 13.8 Å². The van der Waals surface area contributed by atoms with E-state index in [9.17, 15) is 0 Å². The van der Waals surface area contributed by atoms with E-state index in [1.54, 1.807) is 12.4 Å². The number of rotatable bonds is 2. The van der Waals surface area contributed by atoms with Crippen LogP contribution in [0.1, 0.15) is 30.9 Å². The third-order valence-corrected chi connectivity index (χ3v) is 1.73. The van der Waals surface area contributed by atoms with Crippen molar-refractivity contribution in [1.82, 2.24) is 4.98 Å². The molecule has 0 radical (unpaired) electrons. The van der Waals surface area contributed by atoms with E-state index in [2.05, 4.69) is 18.8 Å². The smallest absolute Gasteiger partial charge is 0.0699 e. The maximum atomic E-state index is 8.93. The summed E-state index contributed by atoms with van der Waals surface area (Å²) in [4.78, 5) is 3.94. The monoisotopic (exact) mass is 151 g/mol. The van der Waals surface area contributed by atoms with Gasteiger partial charge in [-0.15, -0.1) is 0 Å². The highest BCUT2D eigenvalue weighted by Crippen LogP contribution is 2.17. The Hall–Kier alpha value is -0.890. The van der Waals surface area contributed by atoms with Crippen molar-refractivity contribution in [2.75, 3.05) is 0 Å². The second kappa shape index (κ2) is 3.49. The first-order valence-electron chi connectivity index (χ1n) is 3.79. The molecular formula is C9H13NO. The Morgan fingerprint density at radius 3 is 2.73 bits per heavy atom. The molecular weight excluding hydrogens is 138 g/mol. The van der Waals surface area contributed by atoms with Gasteiger partial charge in [-0.3, -0.25) is 4.98 Å². The molecule has 0 aliphatic heterocycles. The van der Waals surface area contributed by atoms with Crippen molar-refractivity contribution in [1.29, 1.82) is 0 Å². The minimum absolute atomic E-state index is 0.0847. The maximum absolute atomic E-state index is 8.93. The Morgan fingerprint density at radius 1 is 1.55 bits per heavy atom. The largest absolute Gasteiger partial charge is 0.392 e. The average molecular weight is 151 g/mol. The zero-order chi connectivity index (χ0) is 8.27. The predicted octanol–water partition coefficient (Wildman–Crippen LogP) is 1.70. The molecule has 0 saturated heterocycles. The van der Waals surface area contributed by atoms with Crippen molar-refractivity contribution < 1.29 is 5.11 Å². The minimum Gasteiger partial charge on any atom is -0.392 e. The summed E-state index contributed by atoms with van der Waals surface area (Å²) in [5, 5.41) is 8.93. The van der Waals surface area contributed by atoms with Gasteiger partial charge in [0, 0.05) is 12.4 Å². The maximum Gasteiger partial charge on any atom is 0.0699 e. The van der Waals surface area contributed by atoms with Crippen molar-refractivity contribution in [3.05, 3.63) is 29.6 Å². The third kappa shape index (κ3) is 1.77. The molecule has 0 aliphatic rings. The van der Waals surface area contributed by atoms with Crippen LogP contribution in [0.2, 0.25) is 0 Å². The fourth-order valence-electron chi connectivity index (χ4n) is 1.13. The van der Waals surface area contributed by atoms with E-state index in [-0.39, 0.29) is 6.61 Å². The van der Waals surface area contributed by atoms with E-state index in [0.29, 0.717) is 5.92 Å². The van der Waals surface area contributed by atoms with Gasteiger partial charge in [0.05, 0.1) is 6.61 Å². The predicted molar refractivity (Wildman–Crippen MR) is 44.2 cm³/mol. The molecule has 2 heteroatoms. The number of nitrogens with zero attached hydrogens (tertiary/aromatic N) is 1. The Balaban J connectivity index is 3.02. The Morgan fingerprint density at radius 2 is 2.27 bits per heavy atom. The van der Waals surface area contributed by atoms with E-state index < -0.39 is 0 Å². The first kappa shape index (κ1) is 8.21. The van der Waals surface area contributed by atoms with Crippen molar-refractivity contribution in [2.45, 2.75) is 26.4 Å². The number of hydrogen-bond acceptors (Lipinski definition) is 2. The molecule has 0 amide bonds. The lowest BCUT2D eigenvalue weighted by Crippen LogP contribution is -1.96. The molecule has 0 bridgehead atoms. The summed E-state index contributed by atoms with van der Waals surface area (Å²) in [6.45, 7) is 4.30. The first-order valence-corrected chi connectivity index (χ1v) is 3.79. The quantitative estimate of drug-likeness (QED) is 0.697. The van der Waals surface area contributed by atoms with Gasteiger partial charge >= 0.3 is 0 Å². The molecule has 2 nitrogen and oxygen atoms in total. The molecule has 1 aromatic heterocycles. The highest BCUT2D eigenvalue weighted by atomic mass is 16.3. The summed E-state index contributed by atoms with van der Waals surface area (Å²) in [6.07, 6.45) is 3.48.